The van der Waals surface area contributed by atoms with Gasteiger partial charge in [0.2, 0.25) is 0 Å². The summed E-state index contributed by atoms with van der Waals surface area (Å²) in [4.78, 5) is 13.1. The minimum Gasteiger partial charge on any atom is -0.486 e. The molecule has 6 nitrogen and oxygen atoms in total. The molecule has 0 radical (unpaired) electrons. The maximum absolute atomic E-state index is 13.1. The summed E-state index contributed by atoms with van der Waals surface area (Å²) >= 11 is 0. The Morgan fingerprint density at radius 2 is 1.89 bits per heavy atom. The van der Waals surface area contributed by atoms with Gasteiger partial charge in [0.25, 0.3) is 5.91 Å². The largest absolute Gasteiger partial charge is 0.486 e. The maximum Gasteiger partial charge on any atom is 0.270 e. The number of aryl methyl sites for hydroxylation is 2. The smallest absolute Gasteiger partial charge is 0.270 e. The summed E-state index contributed by atoms with van der Waals surface area (Å²) in [5, 5.41) is 7.81. The number of benzene rings is 1. The Labute approximate surface area is 159 Å². The number of nitrogens with one attached hydrogen (secondary N) is 1. The zero-order valence-corrected chi connectivity index (χ0v) is 16.2. The Kier molecular flexibility index (Phi) is 4.81. The van der Waals surface area contributed by atoms with Crippen molar-refractivity contribution < 1.29 is 14.3 Å². The molecule has 0 saturated carbocycles. The third kappa shape index (κ3) is 3.40. The first-order valence-electron chi connectivity index (χ1n) is 9.79. The minimum atomic E-state index is -0.109. The lowest BCUT2D eigenvalue weighted by molar-refractivity contribution is 0.0914. The summed E-state index contributed by atoms with van der Waals surface area (Å²) in [7, 11) is 1.86. The van der Waals surface area contributed by atoms with Crippen molar-refractivity contribution in [2.45, 2.75) is 45.6 Å². The van der Waals surface area contributed by atoms with Gasteiger partial charge in [-0.3, -0.25) is 9.48 Å². The van der Waals surface area contributed by atoms with Crippen molar-refractivity contribution >= 4 is 5.91 Å². The highest BCUT2D eigenvalue weighted by molar-refractivity contribution is 5.94. The monoisotopic (exact) mass is 369 g/mol. The van der Waals surface area contributed by atoms with Crippen molar-refractivity contribution in [3.8, 4) is 11.5 Å². The van der Waals surface area contributed by atoms with Crippen LogP contribution in [0.2, 0.25) is 0 Å². The lowest BCUT2D eigenvalue weighted by Crippen LogP contribution is -2.33. The van der Waals surface area contributed by atoms with E-state index >= 15 is 0 Å². The van der Waals surface area contributed by atoms with Crippen LogP contribution < -0.4 is 14.8 Å². The van der Waals surface area contributed by atoms with E-state index in [4.69, 9.17) is 9.47 Å². The van der Waals surface area contributed by atoms with Gasteiger partial charge in [0.1, 0.15) is 18.9 Å². The minimum absolute atomic E-state index is 0.0539. The number of hydrogen-bond acceptors (Lipinski definition) is 4. The topological polar surface area (TPSA) is 65.4 Å². The fourth-order valence-electron chi connectivity index (χ4n) is 4.06. The number of amides is 1. The molecule has 27 heavy (non-hydrogen) atoms. The molecule has 0 saturated heterocycles. The molecule has 0 spiro atoms. The van der Waals surface area contributed by atoms with Crippen LogP contribution in [0.1, 0.15) is 60.0 Å². The highest BCUT2D eigenvalue weighted by Gasteiger charge is 2.27. The molecular weight excluding hydrogens is 342 g/mol. The van der Waals surface area contributed by atoms with Gasteiger partial charge < -0.3 is 14.8 Å². The molecule has 1 N–H and O–H groups in total. The maximum atomic E-state index is 13.1. The Bertz CT molecular complexity index is 857. The zero-order valence-electron chi connectivity index (χ0n) is 16.2. The van der Waals surface area contributed by atoms with Crippen LogP contribution in [-0.4, -0.2) is 28.9 Å². The molecule has 1 aliphatic heterocycles. The summed E-state index contributed by atoms with van der Waals surface area (Å²) in [6.07, 6.45) is 4.17. The van der Waals surface area contributed by atoms with Gasteiger partial charge in [-0.05, 0) is 49.3 Å². The van der Waals surface area contributed by atoms with Crippen LogP contribution in [0.3, 0.4) is 0 Å². The Morgan fingerprint density at radius 1 is 1.15 bits per heavy atom. The number of carbonyl (C=O) groups is 1. The van der Waals surface area contributed by atoms with E-state index in [9.17, 15) is 4.79 Å². The third-order valence-electron chi connectivity index (χ3n) is 5.41. The van der Waals surface area contributed by atoms with Crippen molar-refractivity contribution in [1.82, 2.24) is 15.1 Å². The van der Waals surface area contributed by atoms with Crippen molar-refractivity contribution in [3.05, 3.63) is 40.7 Å². The normalized spacial score (nSPS) is 16.7. The lowest BCUT2D eigenvalue weighted by Gasteiger charge is -2.25. The first-order chi connectivity index (χ1) is 13.0. The Morgan fingerprint density at radius 3 is 2.67 bits per heavy atom. The van der Waals surface area contributed by atoms with Gasteiger partial charge in [-0.1, -0.05) is 19.9 Å². The molecule has 2 aliphatic rings. The van der Waals surface area contributed by atoms with Gasteiger partial charge in [0.15, 0.2) is 11.5 Å². The molecule has 1 amide bonds. The number of ether oxygens (including phenoxy) is 2. The van der Waals surface area contributed by atoms with E-state index in [-0.39, 0.29) is 17.9 Å². The van der Waals surface area contributed by atoms with Gasteiger partial charge >= 0.3 is 0 Å². The molecule has 6 heteroatoms. The molecule has 1 aromatic heterocycles. The van der Waals surface area contributed by atoms with Crippen LogP contribution in [0.5, 0.6) is 11.5 Å². The molecule has 1 atom stereocenters. The number of fused-ring (bicyclic) bond motifs is 2. The zero-order chi connectivity index (χ0) is 19.0. The SMILES string of the molecule is CC(C)C(NC(=O)c1c2c(nn1C)CCCC2)c1ccc2c(c1)OCCO2. The van der Waals surface area contributed by atoms with Gasteiger partial charge in [-0.25, -0.2) is 0 Å². The van der Waals surface area contributed by atoms with E-state index < -0.39 is 0 Å². The predicted octanol–water partition coefficient (Wildman–Crippen LogP) is 3.20. The first-order valence-corrected chi connectivity index (χ1v) is 9.79. The fourth-order valence-corrected chi connectivity index (χ4v) is 4.06. The van der Waals surface area contributed by atoms with Crippen LogP contribution in [0, 0.1) is 5.92 Å². The third-order valence-corrected chi connectivity index (χ3v) is 5.41. The standard InChI is InChI=1S/C21H27N3O3/c1-13(2)19(14-8-9-17-18(12-14)27-11-10-26-17)22-21(25)20-15-6-4-5-7-16(15)23-24(20)3/h8-9,12-13,19H,4-7,10-11H2,1-3H3,(H,22,25). The molecule has 1 unspecified atom stereocenters. The quantitative estimate of drug-likeness (QED) is 0.899. The van der Waals surface area contributed by atoms with Crippen molar-refractivity contribution in [3.63, 3.8) is 0 Å². The average Bonchev–Trinajstić information content (AvgIpc) is 3.01. The number of hydrogen-bond donors (Lipinski definition) is 1. The summed E-state index contributed by atoms with van der Waals surface area (Å²) in [5.41, 5.74) is 3.92. The fraction of sp³-hybridized carbons (Fsp3) is 0.524. The molecule has 0 fully saturated rings. The van der Waals surface area contributed by atoms with Crippen LogP contribution in [0.4, 0.5) is 0 Å². The Balaban J connectivity index is 1.61. The van der Waals surface area contributed by atoms with E-state index in [0.717, 1.165) is 54.0 Å². The molecule has 0 bridgehead atoms. The molecule has 4 rings (SSSR count). The molecule has 1 aromatic carbocycles. The van der Waals surface area contributed by atoms with Crippen molar-refractivity contribution in [2.24, 2.45) is 13.0 Å². The van der Waals surface area contributed by atoms with Crippen molar-refractivity contribution in [2.75, 3.05) is 13.2 Å². The number of carbonyl (C=O) groups excluding carboxylic acids is 1. The van der Waals surface area contributed by atoms with Crippen LogP contribution in [0.15, 0.2) is 18.2 Å². The molecule has 2 aromatic rings. The second-order valence-corrected chi connectivity index (χ2v) is 7.70. The number of aromatic nitrogens is 2. The molecule has 1 aliphatic carbocycles. The van der Waals surface area contributed by atoms with Gasteiger partial charge in [-0.2, -0.15) is 5.10 Å². The number of rotatable bonds is 4. The first kappa shape index (κ1) is 17.9. The highest BCUT2D eigenvalue weighted by atomic mass is 16.6. The van der Waals surface area contributed by atoms with E-state index in [1.807, 2.05) is 25.2 Å². The van der Waals surface area contributed by atoms with Gasteiger partial charge in [-0.15, -0.1) is 0 Å². The van der Waals surface area contributed by atoms with Gasteiger partial charge in [0.05, 0.1) is 11.7 Å². The Hall–Kier alpha value is -2.50. The molecular formula is C21H27N3O3. The second-order valence-electron chi connectivity index (χ2n) is 7.70. The second kappa shape index (κ2) is 7.25. The summed E-state index contributed by atoms with van der Waals surface area (Å²) < 4.78 is 13.1. The summed E-state index contributed by atoms with van der Waals surface area (Å²) in [5.74, 6) is 1.69. The summed E-state index contributed by atoms with van der Waals surface area (Å²) in [6, 6.07) is 5.81. The van der Waals surface area contributed by atoms with E-state index in [0.29, 0.717) is 18.9 Å². The molecule has 2 heterocycles. The van der Waals surface area contributed by atoms with E-state index in [2.05, 4.69) is 24.3 Å². The summed E-state index contributed by atoms with van der Waals surface area (Å²) in [6.45, 7) is 5.35. The van der Waals surface area contributed by atoms with E-state index in [1.54, 1.807) is 4.68 Å². The van der Waals surface area contributed by atoms with Crippen LogP contribution in [-0.2, 0) is 19.9 Å². The van der Waals surface area contributed by atoms with Crippen molar-refractivity contribution in [1.29, 1.82) is 0 Å². The van der Waals surface area contributed by atoms with Crippen LogP contribution in [0.25, 0.3) is 0 Å². The predicted molar refractivity (Wildman–Crippen MR) is 102 cm³/mol. The number of nitrogens with zero attached hydrogens (tertiary/aromatic N) is 2. The average molecular weight is 369 g/mol. The molecule has 144 valence electrons. The van der Waals surface area contributed by atoms with Crippen LogP contribution >= 0.6 is 0 Å². The highest BCUT2D eigenvalue weighted by Crippen LogP contribution is 2.34. The van der Waals surface area contributed by atoms with E-state index in [1.165, 1.54) is 0 Å². The lowest BCUT2D eigenvalue weighted by atomic mass is 9.93. The van der Waals surface area contributed by atoms with Gasteiger partial charge in [0, 0.05) is 12.6 Å².